The number of thioether (sulfide) groups is 1. The van der Waals surface area contributed by atoms with Gasteiger partial charge in [0, 0.05) is 19.2 Å². The SMILES string of the molecule is C=c1c(=C2NN=C(C(F)(F)F)S2)cnn1-c1cc(N2CCOCC2)ncn1. The molecule has 0 aliphatic carbocycles. The van der Waals surface area contributed by atoms with Gasteiger partial charge in [0.25, 0.3) is 0 Å². The number of aromatic nitrogens is 4. The average molecular weight is 397 g/mol. The minimum atomic E-state index is -4.50. The molecule has 142 valence electrons. The van der Waals surface area contributed by atoms with Gasteiger partial charge in [-0.15, -0.1) is 0 Å². The molecule has 0 unspecified atom stereocenters. The Bertz CT molecular complexity index is 998. The zero-order valence-corrected chi connectivity index (χ0v) is 14.7. The van der Waals surface area contributed by atoms with Gasteiger partial charge >= 0.3 is 6.18 Å². The lowest BCUT2D eigenvalue weighted by atomic mass is 10.4. The largest absolute Gasteiger partial charge is 0.441 e. The number of ether oxygens (including phenoxy) is 1. The normalized spacial score (nSPS) is 19.8. The van der Waals surface area contributed by atoms with Crippen molar-refractivity contribution in [1.82, 2.24) is 25.2 Å². The summed E-state index contributed by atoms with van der Waals surface area (Å²) in [5.41, 5.74) is 2.40. The molecule has 2 aliphatic rings. The van der Waals surface area contributed by atoms with E-state index in [0.717, 1.165) is 5.82 Å². The van der Waals surface area contributed by atoms with Crippen LogP contribution in [0.2, 0.25) is 0 Å². The monoisotopic (exact) mass is 397 g/mol. The number of hydrogen-bond donors (Lipinski definition) is 1. The molecule has 1 saturated heterocycles. The number of nitrogens with one attached hydrogen (secondary N) is 1. The smallest absolute Gasteiger partial charge is 0.378 e. The molecule has 1 fully saturated rings. The van der Waals surface area contributed by atoms with Gasteiger partial charge in [-0.25, -0.2) is 14.6 Å². The maximum absolute atomic E-state index is 12.8. The van der Waals surface area contributed by atoms with Crippen molar-refractivity contribution in [1.29, 1.82) is 0 Å². The topological polar surface area (TPSA) is 80.5 Å². The van der Waals surface area contributed by atoms with E-state index in [2.05, 4.69) is 37.1 Å². The molecule has 2 aliphatic heterocycles. The Labute approximate surface area is 155 Å². The third kappa shape index (κ3) is 3.49. The predicted octanol–water partition coefficient (Wildman–Crippen LogP) is 0.187. The summed E-state index contributed by atoms with van der Waals surface area (Å²) < 4.78 is 45.1. The molecule has 0 radical (unpaired) electrons. The van der Waals surface area contributed by atoms with Crippen LogP contribution in [0.4, 0.5) is 19.0 Å². The number of hydrogen-bond acceptors (Lipinski definition) is 8. The van der Waals surface area contributed by atoms with Crippen LogP contribution < -0.4 is 20.9 Å². The lowest BCUT2D eigenvalue weighted by Crippen LogP contribution is -2.37. The lowest BCUT2D eigenvalue weighted by molar-refractivity contribution is -0.0555. The number of alkyl halides is 3. The minimum Gasteiger partial charge on any atom is -0.378 e. The Morgan fingerprint density at radius 3 is 2.63 bits per heavy atom. The third-order valence-corrected chi connectivity index (χ3v) is 5.04. The van der Waals surface area contributed by atoms with Gasteiger partial charge < -0.3 is 9.64 Å². The molecule has 0 amide bonds. The molecule has 2 aromatic heterocycles. The van der Waals surface area contributed by atoms with Crippen LogP contribution in [0.25, 0.3) is 17.4 Å². The summed E-state index contributed by atoms with van der Waals surface area (Å²) >= 11 is 0.502. The molecule has 0 saturated carbocycles. The second-order valence-corrected chi connectivity index (χ2v) is 6.71. The van der Waals surface area contributed by atoms with Crippen molar-refractivity contribution in [3.63, 3.8) is 0 Å². The fourth-order valence-corrected chi connectivity index (χ4v) is 3.43. The number of hydrazone groups is 1. The highest BCUT2D eigenvalue weighted by Gasteiger charge is 2.40. The molecule has 1 N–H and O–H groups in total. The average Bonchev–Trinajstić information content (AvgIpc) is 3.29. The standard InChI is InChI=1S/C15H14F3N7OS/c1-9-10(13-22-23-14(27-13)15(16,17)18)7-21-25(9)12-6-11(19-8-20-12)24-2-4-26-5-3-24/h6-8,22H,1-5H2. The van der Waals surface area contributed by atoms with Crippen LogP contribution in [0, 0.1) is 0 Å². The fraction of sp³-hybridized carbons (Fsp3) is 0.333. The lowest BCUT2D eigenvalue weighted by Gasteiger charge is -2.27. The van der Waals surface area contributed by atoms with E-state index in [4.69, 9.17) is 4.74 Å². The first-order valence-electron chi connectivity index (χ1n) is 7.94. The van der Waals surface area contributed by atoms with E-state index < -0.39 is 11.2 Å². The van der Waals surface area contributed by atoms with Gasteiger partial charge in [0.2, 0.25) is 5.04 Å². The summed E-state index contributed by atoms with van der Waals surface area (Å²) in [5.74, 6) is 1.20. The van der Waals surface area contributed by atoms with E-state index >= 15 is 0 Å². The molecule has 12 heteroatoms. The van der Waals surface area contributed by atoms with Crippen molar-refractivity contribution >= 4 is 34.2 Å². The van der Waals surface area contributed by atoms with Crippen molar-refractivity contribution in [2.24, 2.45) is 5.10 Å². The van der Waals surface area contributed by atoms with Gasteiger partial charge in [0.05, 0.1) is 30.0 Å². The molecule has 0 spiro atoms. The van der Waals surface area contributed by atoms with Crippen LogP contribution in [0.1, 0.15) is 0 Å². The maximum atomic E-state index is 12.8. The van der Waals surface area contributed by atoms with Gasteiger partial charge in [0.1, 0.15) is 17.2 Å². The quantitative estimate of drug-likeness (QED) is 0.775. The highest BCUT2D eigenvalue weighted by molar-refractivity contribution is 8.21. The molecule has 4 rings (SSSR count). The summed E-state index contributed by atoms with van der Waals surface area (Å²) in [7, 11) is 0. The molecule has 4 heterocycles. The Morgan fingerprint density at radius 2 is 1.93 bits per heavy atom. The van der Waals surface area contributed by atoms with Gasteiger partial charge in [-0.1, -0.05) is 6.58 Å². The third-order valence-electron chi connectivity index (χ3n) is 4.00. The summed E-state index contributed by atoms with van der Waals surface area (Å²) in [6.45, 7) is 6.60. The van der Waals surface area contributed by atoms with E-state index in [9.17, 15) is 13.2 Å². The molecule has 8 nitrogen and oxygen atoms in total. The number of nitrogens with zero attached hydrogens (tertiary/aromatic N) is 6. The van der Waals surface area contributed by atoms with E-state index in [1.807, 2.05) is 0 Å². The van der Waals surface area contributed by atoms with Crippen molar-refractivity contribution < 1.29 is 17.9 Å². The molecule has 0 bridgehead atoms. The van der Waals surface area contributed by atoms with Crippen molar-refractivity contribution in [2.75, 3.05) is 31.2 Å². The van der Waals surface area contributed by atoms with E-state index in [1.165, 1.54) is 17.2 Å². The highest BCUT2D eigenvalue weighted by Crippen LogP contribution is 2.32. The Kier molecular flexibility index (Phi) is 4.52. The van der Waals surface area contributed by atoms with Crippen molar-refractivity contribution in [3.05, 3.63) is 29.2 Å². The van der Waals surface area contributed by atoms with Gasteiger partial charge in [-0.3, -0.25) is 5.43 Å². The number of morpholine rings is 1. The van der Waals surface area contributed by atoms with Gasteiger partial charge in [-0.05, 0) is 11.8 Å². The van der Waals surface area contributed by atoms with Gasteiger partial charge in [-0.2, -0.15) is 23.4 Å². The highest BCUT2D eigenvalue weighted by atomic mass is 32.2. The molecular weight excluding hydrogens is 383 g/mol. The van der Waals surface area contributed by atoms with Crippen molar-refractivity contribution in [2.45, 2.75) is 6.18 Å². The van der Waals surface area contributed by atoms with Crippen LogP contribution in [0.5, 0.6) is 0 Å². The molecule has 0 aromatic carbocycles. The summed E-state index contributed by atoms with van der Waals surface area (Å²) in [6, 6.07) is 1.76. The Balaban J connectivity index is 1.66. The first kappa shape index (κ1) is 17.8. The van der Waals surface area contributed by atoms with Crippen LogP contribution in [0.15, 0.2) is 23.7 Å². The first-order chi connectivity index (χ1) is 12.9. The van der Waals surface area contributed by atoms with E-state index in [-0.39, 0.29) is 5.03 Å². The van der Waals surface area contributed by atoms with Crippen LogP contribution in [0.3, 0.4) is 0 Å². The van der Waals surface area contributed by atoms with Crippen LogP contribution in [-0.4, -0.2) is 57.3 Å². The Morgan fingerprint density at radius 1 is 1.19 bits per heavy atom. The van der Waals surface area contributed by atoms with Crippen LogP contribution in [-0.2, 0) is 4.74 Å². The second-order valence-electron chi connectivity index (χ2n) is 5.71. The minimum absolute atomic E-state index is 0.223. The molecule has 27 heavy (non-hydrogen) atoms. The molecule has 2 aromatic rings. The van der Waals surface area contributed by atoms with E-state index in [0.29, 0.717) is 54.5 Å². The number of rotatable bonds is 2. The zero-order valence-electron chi connectivity index (χ0n) is 13.9. The Hall–Kier alpha value is -2.60. The van der Waals surface area contributed by atoms with E-state index in [1.54, 1.807) is 6.07 Å². The fourth-order valence-electron chi connectivity index (χ4n) is 2.66. The summed E-state index contributed by atoms with van der Waals surface area (Å²) in [5, 5.41) is 7.63. The van der Waals surface area contributed by atoms with Gasteiger partial charge in [0.15, 0.2) is 5.82 Å². The number of anilines is 1. The predicted molar refractivity (Wildman–Crippen MR) is 94.6 cm³/mol. The summed E-state index contributed by atoms with van der Waals surface area (Å²) in [6.07, 6.45) is -1.65. The van der Waals surface area contributed by atoms with Crippen molar-refractivity contribution in [3.8, 4) is 5.82 Å². The second kappa shape index (κ2) is 6.85. The maximum Gasteiger partial charge on any atom is 0.441 e. The summed E-state index contributed by atoms with van der Waals surface area (Å²) in [4.78, 5) is 10.5. The van der Waals surface area contributed by atoms with Crippen LogP contribution >= 0.6 is 11.8 Å². The zero-order chi connectivity index (χ0) is 19.0. The molecule has 0 atom stereocenters. The number of halogens is 3. The molecular formula is C15H14F3N7OS. The first-order valence-corrected chi connectivity index (χ1v) is 8.76.